The normalized spacial score (nSPS) is 24.9. The number of rotatable bonds is 7. The van der Waals surface area contributed by atoms with Gasteiger partial charge < -0.3 is 34.3 Å². The Kier molecular flexibility index (Phi) is 7.72. The zero-order valence-corrected chi connectivity index (χ0v) is 17.8. The van der Waals surface area contributed by atoms with Crippen LogP contribution in [-0.4, -0.2) is 65.7 Å². The van der Waals surface area contributed by atoms with E-state index in [0.29, 0.717) is 17.7 Å². The van der Waals surface area contributed by atoms with Crippen molar-refractivity contribution < 1.29 is 39.1 Å². The van der Waals surface area contributed by atoms with Crippen LogP contribution in [0.1, 0.15) is 23.6 Å². The number of aliphatic hydroxyl groups is 3. The Labute approximate surface area is 186 Å². The first-order valence-corrected chi connectivity index (χ1v) is 10.0. The lowest BCUT2D eigenvalue weighted by atomic mass is 9.99. The summed E-state index contributed by atoms with van der Waals surface area (Å²) < 4.78 is 21.6. The minimum Gasteiger partial charge on any atom is -0.497 e. The van der Waals surface area contributed by atoms with E-state index in [0.717, 1.165) is 16.9 Å². The van der Waals surface area contributed by atoms with E-state index in [-0.39, 0.29) is 6.61 Å². The van der Waals surface area contributed by atoms with Gasteiger partial charge in [-0.1, -0.05) is 24.1 Å². The zero-order valence-electron chi connectivity index (χ0n) is 17.8. The highest BCUT2D eigenvalue weighted by molar-refractivity contribution is 5.65. The van der Waals surface area contributed by atoms with E-state index in [9.17, 15) is 20.1 Å². The molecule has 0 spiro atoms. The maximum atomic E-state index is 11.1. The van der Waals surface area contributed by atoms with Gasteiger partial charge in [0, 0.05) is 18.9 Å². The molecule has 0 aliphatic carbocycles. The van der Waals surface area contributed by atoms with Crippen molar-refractivity contribution in [3.05, 3.63) is 59.2 Å². The van der Waals surface area contributed by atoms with E-state index in [1.165, 1.54) is 6.92 Å². The average molecular weight is 442 g/mol. The number of terminal acetylenes is 1. The lowest BCUT2D eigenvalue weighted by Crippen LogP contribution is -2.60. The summed E-state index contributed by atoms with van der Waals surface area (Å²) >= 11 is 0. The van der Waals surface area contributed by atoms with Crippen LogP contribution in [0.2, 0.25) is 0 Å². The molecule has 1 fully saturated rings. The molecule has 1 heterocycles. The van der Waals surface area contributed by atoms with E-state index in [1.807, 2.05) is 30.3 Å². The maximum absolute atomic E-state index is 11.1. The third-order valence-electron chi connectivity index (χ3n) is 5.15. The largest absolute Gasteiger partial charge is 0.497 e. The Hall–Kier alpha value is -3.09. The van der Waals surface area contributed by atoms with Gasteiger partial charge in [-0.3, -0.25) is 4.79 Å². The molecular formula is C24H26O8. The molecule has 0 radical (unpaired) electrons. The van der Waals surface area contributed by atoms with Gasteiger partial charge in [0.25, 0.3) is 0 Å². The molecule has 3 rings (SSSR count). The number of aliphatic hydroxyl groups excluding tert-OH is 3. The van der Waals surface area contributed by atoms with Crippen molar-refractivity contribution in [2.45, 2.75) is 44.1 Å². The minimum absolute atomic E-state index is 0.302. The first kappa shape index (κ1) is 23.6. The lowest BCUT2D eigenvalue weighted by molar-refractivity contribution is -0.278. The van der Waals surface area contributed by atoms with Crippen LogP contribution in [0.4, 0.5) is 0 Å². The topological polar surface area (TPSA) is 115 Å². The number of esters is 1. The molecule has 0 aromatic heterocycles. The first-order valence-electron chi connectivity index (χ1n) is 10.0. The van der Waals surface area contributed by atoms with Gasteiger partial charge in [0.2, 0.25) is 6.29 Å². The fraction of sp³-hybridized carbons (Fsp3) is 0.375. The van der Waals surface area contributed by atoms with Gasteiger partial charge in [-0.05, 0) is 35.4 Å². The first-order chi connectivity index (χ1) is 15.3. The molecule has 8 heteroatoms. The Balaban J connectivity index is 1.83. The predicted octanol–water partition coefficient (Wildman–Crippen LogP) is 1.02. The van der Waals surface area contributed by atoms with Gasteiger partial charge >= 0.3 is 5.97 Å². The molecule has 5 atom stereocenters. The highest BCUT2D eigenvalue weighted by atomic mass is 16.7. The van der Waals surface area contributed by atoms with Crippen molar-refractivity contribution >= 4 is 5.97 Å². The quantitative estimate of drug-likeness (QED) is 0.430. The van der Waals surface area contributed by atoms with E-state index in [2.05, 4.69) is 5.92 Å². The van der Waals surface area contributed by atoms with E-state index in [1.54, 1.807) is 19.2 Å². The second-order valence-corrected chi connectivity index (χ2v) is 7.43. The highest BCUT2D eigenvalue weighted by Gasteiger charge is 2.45. The van der Waals surface area contributed by atoms with Gasteiger partial charge in [-0.25, -0.2) is 0 Å². The summed E-state index contributed by atoms with van der Waals surface area (Å²) in [6, 6.07) is 12.7. The number of benzene rings is 2. The van der Waals surface area contributed by atoms with Crippen molar-refractivity contribution in [3.8, 4) is 23.8 Å². The SMILES string of the molecule is C#Cc1ccc(Cc2ccc(OC)cc2)c(O[C@@H]2O[C@H](COC(C)=O)[C@@H](O)[C@H](O)[C@H]2O)c1. The van der Waals surface area contributed by atoms with Crippen LogP contribution in [0.3, 0.4) is 0 Å². The third kappa shape index (κ3) is 5.58. The monoisotopic (exact) mass is 442 g/mol. The number of hydrogen-bond acceptors (Lipinski definition) is 8. The number of methoxy groups -OCH3 is 1. The molecule has 2 aromatic carbocycles. The van der Waals surface area contributed by atoms with Gasteiger partial charge in [0.15, 0.2) is 0 Å². The Morgan fingerprint density at radius 2 is 1.81 bits per heavy atom. The number of carbonyl (C=O) groups excluding carboxylic acids is 1. The zero-order chi connectivity index (χ0) is 23.3. The molecule has 0 bridgehead atoms. The van der Waals surface area contributed by atoms with Gasteiger partial charge in [0.1, 0.15) is 42.5 Å². The summed E-state index contributed by atoms with van der Waals surface area (Å²) in [6.45, 7) is 0.911. The molecule has 2 aromatic rings. The maximum Gasteiger partial charge on any atom is 0.302 e. The standard InChI is InChI=1S/C24H26O8/c1-4-15-5-8-17(11-16-6-9-18(29-3)10-7-16)19(12-15)31-24-23(28)22(27)21(26)20(32-24)13-30-14(2)25/h1,5-10,12,20-24,26-28H,11,13H2,2-3H3/t20-,21-,22+,23-,24-/m1/s1. The number of carbonyl (C=O) groups is 1. The molecule has 0 saturated carbocycles. The Morgan fingerprint density at radius 1 is 1.09 bits per heavy atom. The Morgan fingerprint density at radius 3 is 2.44 bits per heavy atom. The van der Waals surface area contributed by atoms with Crippen LogP contribution in [0, 0.1) is 12.3 Å². The number of hydrogen-bond donors (Lipinski definition) is 3. The predicted molar refractivity (Wildman–Crippen MR) is 114 cm³/mol. The molecule has 1 saturated heterocycles. The third-order valence-corrected chi connectivity index (χ3v) is 5.15. The van der Waals surface area contributed by atoms with Gasteiger partial charge in [0.05, 0.1) is 7.11 Å². The van der Waals surface area contributed by atoms with Crippen LogP contribution in [0.15, 0.2) is 42.5 Å². The van der Waals surface area contributed by atoms with Crippen LogP contribution >= 0.6 is 0 Å². The average Bonchev–Trinajstić information content (AvgIpc) is 2.80. The van der Waals surface area contributed by atoms with Crippen molar-refractivity contribution in [2.24, 2.45) is 0 Å². The van der Waals surface area contributed by atoms with Crippen molar-refractivity contribution in [1.29, 1.82) is 0 Å². The van der Waals surface area contributed by atoms with Crippen LogP contribution < -0.4 is 9.47 Å². The summed E-state index contributed by atoms with van der Waals surface area (Å²) in [6.07, 6.45) is -0.944. The summed E-state index contributed by atoms with van der Waals surface area (Å²) in [5, 5.41) is 30.8. The van der Waals surface area contributed by atoms with Crippen molar-refractivity contribution in [3.63, 3.8) is 0 Å². The molecule has 3 N–H and O–H groups in total. The highest BCUT2D eigenvalue weighted by Crippen LogP contribution is 2.29. The summed E-state index contributed by atoms with van der Waals surface area (Å²) in [7, 11) is 1.59. The summed E-state index contributed by atoms with van der Waals surface area (Å²) in [5.41, 5.74) is 2.31. The molecule has 170 valence electrons. The fourth-order valence-electron chi connectivity index (χ4n) is 3.34. The van der Waals surface area contributed by atoms with Crippen molar-refractivity contribution in [2.75, 3.05) is 13.7 Å². The molecule has 1 aliphatic heterocycles. The molecule has 8 nitrogen and oxygen atoms in total. The second-order valence-electron chi connectivity index (χ2n) is 7.43. The van der Waals surface area contributed by atoms with Gasteiger partial charge in [-0.2, -0.15) is 0 Å². The molecule has 0 unspecified atom stereocenters. The van der Waals surface area contributed by atoms with Gasteiger partial charge in [-0.15, -0.1) is 6.42 Å². The molecule has 32 heavy (non-hydrogen) atoms. The minimum atomic E-state index is -1.56. The second kappa shape index (κ2) is 10.5. The van der Waals surface area contributed by atoms with Crippen molar-refractivity contribution in [1.82, 2.24) is 0 Å². The summed E-state index contributed by atoms with van der Waals surface area (Å²) in [5.74, 6) is 3.06. The molecule has 0 amide bonds. The van der Waals surface area contributed by atoms with Crippen LogP contribution in [0.25, 0.3) is 0 Å². The van der Waals surface area contributed by atoms with E-state index in [4.69, 9.17) is 25.4 Å². The smallest absolute Gasteiger partial charge is 0.302 e. The molecular weight excluding hydrogens is 416 g/mol. The lowest BCUT2D eigenvalue weighted by Gasteiger charge is -2.40. The van der Waals surface area contributed by atoms with Crippen LogP contribution in [-0.2, 0) is 20.7 Å². The van der Waals surface area contributed by atoms with E-state index >= 15 is 0 Å². The summed E-state index contributed by atoms with van der Waals surface area (Å²) in [4.78, 5) is 11.1. The van der Waals surface area contributed by atoms with E-state index < -0.39 is 36.7 Å². The number of ether oxygens (including phenoxy) is 4. The Bertz CT molecular complexity index is 965. The molecule has 1 aliphatic rings. The fourth-order valence-corrected chi connectivity index (χ4v) is 3.34. The van der Waals surface area contributed by atoms with Crippen LogP contribution in [0.5, 0.6) is 11.5 Å².